The molecule has 8 nitrogen and oxygen atoms in total. The Morgan fingerprint density at radius 1 is 0.708 bits per heavy atom. The highest BCUT2D eigenvalue weighted by molar-refractivity contribution is 6.06. The molecule has 138 valence electrons. The lowest BCUT2D eigenvalue weighted by Crippen LogP contribution is -2.53. The molecule has 0 aromatic carbocycles. The van der Waals surface area contributed by atoms with Gasteiger partial charge in [0.05, 0.1) is 0 Å². The number of hydrogen-bond donors (Lipinski definition) is 4. The normalized spacial score (nSPS) is 14.8. The van der Waals surface area contributed by atoms with Crippen LogP contribution in [-0.2, 0) is 19.2 Å². The predicted octanol–water partition coefficient (Wildman–Crippen LogP) is 0.587. The lowest BCUT2D eigenvalue weighted by Gasteiger charge is -2.26. The molecule has 4 N–H and O–H groups in total. The van der Waals surface area contributed by atoms with Gasteiger partial charge in [-0.2, -0.15) is 0 Å². The van der Waals surface area contributed by atoms with Crippen LogP contribution in [0.15, 0.2) is 0 Å². The molecule has 0 saturated carbocycles. The number of carboxylic acid groups (broad SMARTS) is 2. The van der Waals surface area contributed by atoms with Crippen molar-refractivity contribution < 1.29 is 29.4 Å². The molecular weight excluding hydrogens is 316 g/mol. The number of ketones is 2. The molecule has 0 rings (SSSR count). The first-order valence-electron chi connectivity index (χ1n) is 7.70. The number of carboxylic acids is 2. The molecule has 0 fully saturated rings. The van der Waals surface area contributed by atoms with E-state index in [1.165, 1.54) is 0 Å². The third-order valence-electron chi connectivity index (χ3n) is 2.91. The van der Waals surface area contributed by atoms with Crippen molar-refractivity contribution >= 4 is 23.5 Å². The van der Waals surface area contributed by atoms with Crippen molar-refractivity contribution in [2.75, 3.05) is 0 Å². The molecule has 0 unspecified atom stereocenters. The molecule has 0 bridgehead atoms. The smallest absolute Gasteiger partial charge is 0.328 e. The van der Waals surface area contributed by atoms with Crippen molar-refractivity contribution in [3.8, 4) is 0 Å². The Hall–Kier alpha value is -1.80. The molecule has 24 heavy (non-hydrogen) atoms. The van der Waals surface area contributed by atoms with Crippen molar-refractivity contribution in [3.05, 3.63) is 0 Å². The van der Waals surface area contributed by atoms with Gasteiger partial charge in [-0.3, -0.25) is 29.8 Å². The molecule has 0 amide bonds. The fourth-order valence-corrected chi connectivity index (χ4v) is 1.96. The van der Waals surface area contributed by atoms with Crippen LogP contribution in [0.5, 0.6) is 0 Å². The SMILES string of the molecule is CC(C)(C)N[C@H](C(=O)O)C(=O)CCC(=O)[C@H](NC(C)(C)C)C(=O)O. The standard InChI is InChI=1S/C16H28N2O6/c1-15(2,3)17-11(13(21)22)9(19)7-8-10(20)12(14(23)24)18-16(4,5)6/h11-12,17-18H,7-8H2,1-6H3,(H,21,22)(H,23,24)/t11-,12-/m0/s1. The molecule has 2 atom stereocenters. The van der Waals surface area contributed by atoms with E-state index in [1.54, 1.807) is 41.5 Å². The van der Waals surface area contributed by atoms with Crippen LogP contribution in [0.2, 0.25) is 0 Å². The molecule has 0 aromatic rings. The molecule has 8 heteroatoms. The second kappa shape index (κ2) is 8.34. The molecule has 0 aromatic heterocycles. The van der Waals surface area contributed by atoms with Crippen LogP contribution in [-0.4, -0.2) is 56.9 Å². The maximum Gasteiger partial charge on any atom is 0.328 e. The van der Waals surface area contributed by atoms with Crippen molar-refractivity contribution in [1.82, 2.24) is 10.6 Å². The van der Waals surface area contributed by atoms with Crippen LogP contribution in [0.25, 0.3) is 0 Å². The second-order valence-electron chi connectivity index (χ2n) is 7.76. The largest absolute Gasteiger partial charge is 0.480 e. The lowest BCUT2D eigenvalue weighted by atomic mass is 9.98. The Kier molecular flexibility index (Phi) is 7.72. The highest BCUT2D eigenvalue weighted by Gasteiger charge is 2.33. The third-order valence-corrected chi connectivity index (χ3v) is 2.91. The lowest BCUT2D eigenvalue weighted by molar-refractivity contribution is -0.147. The van der Waals surface area contributed by atoms with Crippen molar-refractivity contribution in [1.29, 1.82) is 0 Å². The summed E-state index contributed by atoms with van der Waals surface area (Å²) in [5.41, 5.74) is -1.19. The minimum atomic E-state index is -1.43. The summed E-state index contributed by atoms with van der Waals surface area (Å²) >= 11 is 0. The number of carbonyl (C=O) groups excluding carboxylic acids is 2. The van der Waals surface area contributed by atoms with Gasteiger partial charge in [0.2, 0.25) is 0 Å². The van der Waals surface area contributed by atoms with Gasteiger partial charge < -0.3 is 10.2 Å². The summed E-state index contributed by atoms with van der Waals surface area (Å²) < 4.78 is 0. The Bertz CT molecular complexity index is 456. The van der Waals surface area contributed by atoms with E-state index in [2.05, 4.69) is 10.6 Å². The van der Waals surface area contributed by atoms with Gasteiger partial charge in [-0.05, 0) is 41.5 Å². The van der Waals surface area contributed by atoms with E-state index >= 15 is 0 Å². The maximum atomic E-state index is 12.1. The minimum absolute atomic E-state index is 0.339. The van der Waals surface area contributed by atoms with Crippen LogP contribution in [0.1, 0.15) is 54.4 Å². The third kappa shape index (κ3) is 8.73. The summed E-state index contributed by atoms with van der Waals surface area (Å²) in [6, 6.07) is -2.87. The zero-order valence-electron chi connectivity index (χ0n) is 15.1. The minimum Gasteiger partial charge on any atom is -0.480 e. The van der Waals surface area contributed by atoms with Crippen LogP contribution >= 0.6 is 0 Å². The molecular formula is C16H28N2O6. The zero-order chi connectivity index (χ0) is 19.3. The number of nitrogens with one attached hydrogen (secondary N) is 2. The van der Waals surface area contributed by atoms with E-state index in [0.717, 1.165) is 0 Å². The number of rotatable bonds is 9. The highest BCUT2D eigenvalue weighted by Crippen LogP contribution is 2.09. The molecule has 0 saturated heterocycles. The maximum absolute atomic E-state index is 12.1. The average molecular weight is 344 g/mol. The van der Waals surface area contributed by atoms with Gasteiger partial charge in [-0.25, -0.2) is 0 Å². The van der Waals surface area contributed by atoms with E-state index in [4.69, 9.17) is 10.2 Å². The van der Waals surface area contributed by atoms with Crippen LogP contribution in [0.4, 0.5) is 0 Å². The quantitative estimate of drug-likeness (QED) is 0.447. The number of hydrogen-bond acceptors (Lipinski definition) is 6. The molecule has 0 aliphatic carbocycles. The summed E-state index contributed by atoms with van der Waals surface area (Å²) in [6.45, 7) is 10.3. The number of carbonyl (C=O) groups is 4. The van der Waals surface area contributed by atoms with E-state index in [1.807, 2.05) is 0 Å². The summed E-state index contributed by atoms with van der Waals surface area (Å²) in [6.07, 6.45) is -0.678. The fraction of sp³-hybridized carbons (Fsp3) is 0.750. The van der Waals surface area contributed by atoms with Crippen LogP contribution in [0, 0.1) is 0 Å². The Labute approximate surface area is 142 Å². The van der Waals surface area contributed by atoms with Crippen LogP contribution in [0.3, 0.4) is 0 Å². The summed E-state index contributed by atoms with van der Waals surface area (Å²) in [4.78, 5) is 46.6. The van der Waals surface area contributed by atoms with Gasteiger partial charge in [0.15, 0.2) is 23.7 Å². The van der Waals surface area contributed by atoms with Crippen molar-refractivity contribution in [3.63, 3.8) is 0 Å². The summed E-state index contributed by atoms with van der Waals surface area (Å²) in [5.74, 6) is -3.98. The Balaban J connectivity index is 4.89. The van der Waals surface area contributed by atoms with E-state index in [-0.39, 0.29) is 12.8 Å². The summed E-state index contributed by atoms with van der Waals surface area (Å²) in [5, 5.41) is 23.6. The van der Waals surface area contributed by atoms with Gasteiger partial charge in [0, 0.05) is 23.9 Å². The summed E-state index contributed by atoms with van der Waals surface area (Å²) in [7, 11) is 0. The van der Waals surface area contributed by atoms with E-state index < -0.39 is 46.7 Å². The van der Waals surface area contributed by atoms with Gasteiger partial charge >= 0.3 is 11.9 Å². The highest BCUT2D eigenvalue weighted by atomic mass is 16.4. The monoisotopic (exact) mass is 344 g/mol. The van der Waals surface area contributed by atoms with Crippen LogP contribution < -0.4 is 10.6 Å². The molecule has 0 radical (unpaired) electrons. The van der Waals surface area contributed by atoms with E-state index in [0.29, 0.717) is 0 Å². The molecule has 0 heterocycles. The van der Waals surface area contributed by atoms with E-state index in [9.17, 15) is 19.2 Å². The fourth-order valence-electron chi connectivity index (χ4n) is 1.96. The first-order valence-corrected chi connectivity index (χ1v) is 7.70. The Morgan fingerprint density at radius 3 is 1.12 bits per heavy atom. The van der Waals surface area contributed by atoms with Crippen molar-refractivity contribution in [2.45, 2.75) is 77.5 Å². The number of Topliss-reactive ketones (excluding diaryl/α,β-unsaturated/α-hetero) is 2. The Morgan fingerprint density at radius 2 is 0.958 bits per heavy atom. The predicted molar refractivity (Wildman–Crippen MR) is 87.9 cm³/mol. The van der Waals surface area contributed by atoms with Gasteiger partial charge in [-0.1, -0.05) is 0 Å². The topological polar surface area (TPSA) is 133 Å². The molecule has 0 aliphatic rings. The zero-order valence-corrected chi connectivity index (χ0v) is 15.1. The second-order valence-corrected chi connectivity index (χ2v) is 7.76. The molecule has 0 spiro atoms. The van der Waals surface area contributed by atoms with Gasteiger partial charge in [0.25, 0.3) is 0 Å². The first-order chi connectivity index (χ1) is 10.6. The van der Waals surface area contributed by atoms with Gasteiger partial charge in [-0.15, -0.1) is 0 Å². The van der Waals surface area contributed by atoms with Gasteiger partial charge in [0.1, 0.15) is 0 Å². The average Bonchev–Trinajstić information content (AvgIpc) is 2.36. The first kappa shape index (κ1) is 22.2. The van der Waals surface area contributed by atoms with Crippen molar-refractivity contribution in [2.24, 2.45) is 0 Å². The molecule has 0 aliphatic heterocycles. The number of aliphatic carboxylic acids is 2.